The highest BCUT2D eigenvalue weighted by molar-refractivity contribution is 5.85. The summed E-state index contributed by atoms with van der Waals surface area (Å²) in [6.07, 6.45) is -0.721. The zero-order valence-electron chi connectivity index (χ0n) is 12.8. The number of nitrogens with one attached hydrogen (secondary N) is 2. The lowest BCUT2D eigenvalue weighted by atomic mass is 10.1. The number of carbonyl (C=O) groups excluding carboxylic acids is 1. The molecule has 0 aliphatic rings. The molecule has 1 aromatic rings. The van der Waals surface area contributed by atoms with Gasteiger partial charge in [-0.1, -0.05) is 19.1 Å². The molecule has 0 heterocycles. The Balaban J connectivity index is 0.00000400. The molecule has 0 radical (unpaired) electrons. The first-order valence-corrected chi connectivity index (χ1v) is 6.82. The van der Waals surface area contributed by atoms with Crippen LogP contribution in [0.15, 0.2) is 24.3 Å². The molecule has 6 heteroatoms. The van der Waals surface area contributed by atoms with Gasteiger partial charge in [0.1, 0.15) is 18.5 Å². The standard InChI is InChI=1S/C15H24N2O3.ClH/c1-11-5-4-6-14(7-11)20-10-13(18)9-17-15(19)12(2)8-16-3;/h4-7,12-13,16,18H,8-10H2,1-3H3,(H,17,19);1H. The number of carbonyl (C=O) groups is 1. The van der Waals surface area contributed by atoms with E-state index in [0.29, 0.717) is 6.54 Å². The van der Waals surface area contributed by atoms with Crippen molar-refractivity contribution in [1.82, 2.24) is 10.6 Å². The first kappa shape index (κ1) is 19.7. The maximum Gasteiger partial charge on any atom is 0.224 e. The normalized spacial score (nSPS) is 13.0. The monoisotopic (exact) mass is 316 g/mol. The van der Waals surface area contributed by atoms with E-state index in [0.717, 1.165) is 11.3 Å². The van der Waals surface area contributed by atoms with Crippen molar-refractivity contribution in [2.45, 2.75) is 20.0 Å². The largest absolute Gasteiger partial charge is 0.491 e. The number of benzene rings is 1. The number of aliphatic hydroxyl groups excluding tert-OH is 1. The fraction of sp³-hybridized carbons (Fsp3) is 0.533. The lowest BCUT2D eigenvalue weighted by Gasteiger charge is -2.16. The molecule has 3 N–H and O–H groups in total. The summed E-state index contributed by atoms with van der Waals surface area (Å²) in [4.78, 5) is 11.7. The zero-order valence-corrected chi connectivity index (χ0v) is 13.6. The van der Waals surface area contributed by atoms with E-state index in [4.69, 9.17) is 4.74 Å². The Morgan fingerprint density at radius 3 is 2.71 bits per heavy atom. The predicted octanol–water partition coefficient (Wildman–Crippen LogP) is 1.13. The summed E-state index contributed by atoms with van der Waals surface area (Å²) in [5, 5.41) is 15.4. The fourth-order valence-corrected chi connectivity index (χ4v) is 1.75. The summed E-state index contributed by atoms with van der Waals surface area (Å²) in [7, 11) is 1.80. The van der Waals surface area contributed by atoms with Gasteiger partial charge >= 0.3 is 0 Å². The summed E-state index contributed by atoms with van der Waals surface area (Å²) >= 11 is 0. The van der Waals surface area contributed by atoms with Crippen LogP contribution in [0.25, 0.3) is 0 Å². The predicted molar refractivity (Wildman–Crippen MR) is 86.0 cm³/mol. The number of hydrogen-bond donors (Lipinski definition) is 3. The van der Waals surface area contributed by atoms with Gasteiger partial charge in [-0.05, 0) is 31.7 Å². The van der Waals surface area contributed by atoms with Crippen molar-refractivity contribution in [3.63, 3.8) is 0 Å². The molecule has 2 unspecified atom stereocenters. The molecule has 0 saturated heterocycles. The highest BCUT2D eigenvalue weighted by Gasteiger charge is 2.13. The molecule has 0 aliphatic heterocycles. The third kappa shape index (κ3) is 7.90. The van der Waals surface area contributed by atoms with E-state index in [1.54, 1.807) is 7.05 Å². The van der Waals surface area contributed by atoms with Crippen LogP contribution in [0.3, 0.4) is 0 Å². The van der Waals surface area contributed by atoms with Crippen molar-refractivity contribution in [2.24, 2.45) is 5.92 Å². The lowest BCUT2D eigenvalue weighted by Crippen LogP contribution is -2.40. The van der Waals surface area contributed by atoms with E-state index < -0.39 is 6.10 Å². The van der Waals surface area contributed by atoms with Crippen LogP contribution in [-0.2, 0) is 4.79 Å². The van der Waals surface area contributed by atoms with Crippen molar-refractivity contribution in [1.29, 1.82) is 0 Å². The second-order valence-electron chi connectivity index (χ2n) is 4.99. The van der Waals surface area contributed by atoms with Crippen LogP contribution in [0.4, 0.5) is 0 Å². The van der Waals surface area contributed by atoms with Gasteiger partial charge in [-0.3, -0.25) is 4.79 Å². The van der Waals surface area contributed by atoms with Gasteiger partial charge in [-0.2, -0.15) is 0 Å². The quantitative estimate of drug-likeness (QED) is 0.672. The molecule has 0 spiro atoms. The average molecular weight is 317 g/mol. The molecule has 0 saturated carbocycles. The Bertz CT molecular complexity index is 429. The van der Waals surface area contributed by atoms with Gasteiger partial charge in [0.05, 0.1) is 0 Å². The summed E-state index contributed by atoms with van der Waals surface area (Å²) < 4.78 is 5.48. The van der Waals surface area contributed by atoms with E-state index in [1.807, 2.05) is 38.1 Å². The molecule has 21 heavy (non-hydrogen) atoms. The third-order valence-corrected chi connectivity index (χ3v) is 2.90. The maximum absolute atomic E-state index is 11.7. The Kier molecular flexibility index (Phi) is 9.78. The first-order valence-electron chi connectivity index (χ1n) is 6.82. The van der Waals surface area contributed by atoms with E-state index in [2.05, 4.69) is 10.6 Å². The molecule has 1 amide bonds. The van der Waals surface area contributed by atoms with E-state index in [-0.39, 0.29) is 37.4 Å². The van der Waals surface area contributed by atoms with Crippen molar-refractivity contribution in [3.8, 4) is 5.75 Å². The lowest BCUT2D eigenvalue weighted by molar-refractivity contribution is -0.124. The summed E-state index contributed by atoms with van der Waals surface area (Å²) in [5.41, 5.74) is 1.10. The molecular formula is C15H25ClN2O3. The molecule has 1 aromatic carbocycles. The van der Waals surface area contributed by atoms with Gasteiger partial charge in [0.2, 0.25) is 5.91 Å². The van der Waals surface area contributed by atoms with E-state index in [9.17, 15) is 9.90 Å². The minimum absolute atomic E-state index is 0. The second-order valence-corrected chi connectivity index (χ2v) is 4.99. The zero-order chi connectivity index (χ0) is 15.0. The van der Waals surface area contributed by atoms with Crippen molar-refractivity contribution in [3.05, 3.63) is 29.8 Å². The van der Waals surface area contributed by atoms with Crippen LogP contribution in [0.2, 0.25) is 0 Å². The molecule has 0 bridgehead atoms. The number of amides is 1. The minimum atomic E-state index is -0.721. The van der Waals surface area contributed by atoms with Crippen LogP contribution in [-0.4, -0.2) is 43.9 Å². The average Bonchev–Trinajstić information content (AvgIpc) is 2.42. The third-order valence-electron chi connectivity index (χ3n) is 2.90. The molecule has 2 atom stereocenters. The van der Waals surface area contributed by atoms with Crippen molar-refractivity contribution >= 4 is 18.3 Å². The van der Waals surface area contributed by atoms with Gasteiger partial charge in [-0.15, -0.1) is 12.4 Å². The minimum Gasteiger partial charge on any atom is -0.491 e. The van der Waals surface area contributed by atoms with Crippen LogP contribution in [0, 0.1) is 12.8 Å². The van der Waals surface area contributed by atoms with Gasteiger partial charge in [0.15, 0.2) is 0 Å². The number of aryl methyl sites for hydroxylation is 1. The summed E-state index contributed by atoms with van der Waals surface area (Å²) in [6, 6.07) is 7.62. The smallest absolute Gasteiger partial charge is 0.224 e. The summed E-state index contributed by atoms with van der Waals surface area (Å²) in [6.45, 7) is 4.78. The van der Waals surface area contributed by atoms with Gasteiger partial charge in [0, 0.05) is 19.0 Å². The number of ether oxygens (including phenoxy) is 1. The first-order chi connectivity index (χ1) is 9.52. The van der Waals surface area contributed by atoms with Crippen LogP contribution < -0.4 is 15.4 Å². The van der Waals surface area contributed by atoms with Gasteiger partial charge < -0.3 is 20.5 Å². The number of halogens is 1. The molecule has 0 aliphatic carbocycles. The van der Waals surface area contributed by atoms with E-state index >= 15 is 0 Å². The summed E-state index contributed by atoms with van der Waals surface area (Å²) in [5.74, 6) is 0.526. The second kappa shape index (κ2) is 10.4. The van der Waals surface area contributed by atoms with Gasteiger partial charge in [-0.25, -0.2) is 0 Å². The number of rotatable bonds is 8. The highest BCUT2D eigenvalue weighted by Crippen LogP contribution is 2.12. The van der Waals surface area contributed by atoms with Crippen LogP contribution in [0.5, 0.6) is 5.75 Å². The number of hydrogen-bond acceptors (Lipinski definition) is 4. The van der Waals surface area contributed by atoms with Crippen LogP contribution in [0.1, 0.15) is 12.5 Å². The molecule has 5 nitrogen and oxygen atoms in total. The molecule has 1 rings (SSSR count). The highest BCUT2D eigenvalue weighted by atomic mass is 35.5. The Labute approximate surface area is 132 Å². The Morgan fingerprint density at radius 1 is 1.38 bits per heavy atom. The molecule has 120 valence electrons. The maximum atomic E-state index is 11.7. The molecule has 0 aromatic heterocycles. The molecule has 0 fully saturated rings. The van der Waals surface area contributed by atoms with E-state index in [1.165, 1.54) is 0 Å². The fourth-order valence-electron chi connectivity index (χ4n) is 1.75. The van der Waals surface area contributed by atoms with Crippen LogP contribution >= 0.6 is 12.4 Å². The Hall–Kier alpha value is -1.30. The topological polar surface area (TPSA) is 70.6 Å². The molecular weight excluding hydrogens is 292 g/mol. The van der Waals surface area contributed by atoms with Crippen molar-refractivity contribution < 1.29 is 14.6 Å². The SMILES string of the molecule is CNCC(C)C(=O)NCC(O)COc1cccc(C)c1.Cl. The van der Waals surface area contributed by atoms with Crippen molar-refractivity contribution in [2.75, 3.05) is 26.7 Å². The Morgan fingerprint density at radius 2 is 2.10 bits per heavy atom. The number of aliphatic hydroxyl groups is 1. The van der Waals surface area contributed by atoms with Gasteiger partial charge in [0.25, 0.3) is 0 Å².